The fraction of sp³-hybridized carbons (Fsp3) is 0.714. The molecule has 6 heteroatoms. The summed E-state index contributed by atoms with van der Waals surface area (Å²) in [5.41, 5.74) is 6.32. The Morgan fingerprint density at radius 3 is 2.80 bits per heavy atom. The van der Waals surface area contributed by atoms with Crippen LogP contribution in [-0.4, -0.2) is 42.0 Å². The van der Waals surface area contributed by atoms with E-state index in [4.69, 9.17) is 5.73 Å². The second kappa shape index (κ2) is 7.04. The molecule has 112 valence electrons. The van der Waals surface area contributed by atoms with Gasteiger partial charge in [-0.1, -0.05) is 18.3 Å². The standard InChI is InChI=1S/C14H24N4OS/c1-10-4-8-18(9-5-10)7-3-6-16-13(19)12-11(2)17-14(15)20-12/h10H,3-9H2,1-2H3,(H2,15,17)(H,16,19). The van der Waals surface area contributed by atoms with Crippen LogP contribution in [0.2, 0.25) is 0 Å². The fourth-order valence-electron chi connectivity index (χ4n) is 2.50. The number of aryl methyl sites for hydroxylation is 1. The van der Waals surface area contributed by atoms with Crippen LogP contribution in [0.4, 0.5) is 5.13 Å². The van der Waals surface area contributed by atoms with E-state index in [0.717, 1.165) is 24.6 Å². The Morgan fingerprint density at radius 1 is 1.50 bits per heavy atom. The van der Waals surface area contributed by atoms with Gasteiger partial charge >= 0.3 is 0 Å². The van der Waals surface area contributed by atoms with E-state index in [2.05, 4.69) is 22.1 Å². The molecule has 0 radical (unpaired) electrons. The van der Waals surface area contributed by atoms with Gasteiger partial charge in [-0.05, 0) is 51.7 Å². The molecule has 3 N–H and O–H groups in total. The van der Waals surface area contributed by atoms with Crippen LogP contribution in [0.3, 0.4) is 0 Å². The van der Waals surface area contributed by atoms with E-state index in [1.807, 2.05) is 6.92 Å². The Balaban J connectivity index is 1.66. The predicted molar refractivity (Wildman–Crippen MR) is 83.1 cm³/mol. The van der Waals surface area contributed by atoms with Gasteiger partial charge < -0.3 is 16.0 Å². The first-order valence-corrected chi connectivity index (χ1v) is 8.11. The number of nitrogens with one attached hydrogen (secondary N) is 1. The molecular formula is C14H24N4OS. The molecular weight excluding hydrogens is 272 g/mol. The van der Waals surface area contributed by atoms with Gasteiger partial charge in [0.1, 0.15) is 4.88 Å². The van der Waals surface area contributed by atoms with E-state index in [9.17, 15) is 4.79 Å². The van der Waals surface area contributed by atoms with Crippen molar-refractivity contribution < 1.29 is 4.79 Å². The van der Waals surface area contributed by atoms with Crippen LogP contribution in [0.5, 0.6) is 0 Å². The van der Waals surface area contributed by atoms with Gasteiger partial charge in [-0.3, -0.25) is 4.79 Å². The smallest absolute Gasteiger partial charge is 0.263 e. The molecule has 20 heavy (non-hydrogen) atoms. The number of anilines is 1. The highest BCUT2D eigenvalue weighted by Crippen LogP contribution is 2.19. The first-order valence-electron chi connectivity index (χ1n) is 7.29. The van der Waals surface area contributed by atoms with Gasteiger partial charge in [0.05, 0.1) is 5.69 Å². The number of aromatic nitrogens is 1. The summed E-state index contributed by atoms with van der Waals surface area (Å²) < 4.78 is 0. The van der Waals surface area contributed by atoms with Gasteiger partial charge in [0, 0.05) is 6.54 Å². The van der Waals surface area contributed by atoms with E-state index in [1.54, 1.807) is 0 Å². The molecule has 1 amide bonds. The van der Waals surface area contributed by atoms with Crippen molar-refractivity contribution in [3.05, 3.63) is 10.6 Å². The van der Waals surface area contributed by atoms with Crippen LogP contribution >= 0.6 is 11.3 Å². The van der Waals surface area contributed by atoms with Gasteiger partial charge in [-0.2, -0.15) is 0 Å². The molecule has 1 aromatic rings. The fourth-order valence-corrected chi connectivity index (χ4v) is 3.25. The van der Waals surface area contributed by atoms with E-state index < -0.39 is 0 Å². The third-order valence-electron chi connectivity index (χ3n) is 3.83. The molecule has 1 fully saturated rings. The lowest BCUT2D eigenvalue weighted by Crippen LogP contribution is -2.35. The number of carbonyl (C=O) groups excluding carboxylic acids is 1. The largest absolute Gasteiger partial charge is 0.375 e. The summed E-state index contributed by atoms with van der Waals surface area (Å²) in [6.07, 6.45) is 3.59. The minimum Gasteiger partial charge on any atom is -0.375 e. The third-order valence-corrected chi connectivity index (χ3v) is 4.82. The molecule has 0 unspecified atom stereocenters. The number of nitrogens with two attached hydrogens (primary N) is 1. The van der Waals surface area contributed by atoms with Crippen molar-refractivity contribution in [1.29, 1.82) is 0 Å². The van der Waals surface area contributed by atoms with E-state index in [0.29, 0.717) is 16.6 Å². The zero-order valence-corrected chi connectivity index (χ0v) is 13.1. The van der Waals surface area contributed by atoms with Crippen LogP contribution < -0.4 is 11.1 Å². The number of thiazole rings is 1. The number of amides is 1. The monoisotopic (exact) mass is 296 g/mol. The maximum Gasteiger partial charge on any atom is 0.263 e. The molecule has 0 aromatic carbocycles. The predicted octanol–water partition coefficient (Wildman–Crippen LogP) is 1.89. The Hall–Kier alpha value is -1.14. The Morgan fingerprint density at radius 2 is 2.20 bits per heavy atom. The Bertz CT molecular complexity index is 452. The van der Waals surface area contributed by atoms with Crippen molar-refractivity contribution in [2.24, 2.45) is 5.92 Å². The highest BCUT2D eigenvalue weighted by atomic mass is 32.1. The van der Waals surface area contributed by atoms with Crippen molar-refractivity contribution in [3.63, 3.8) is 0 Å². The molecule has 0 bridgehead atoms. The summed E-state index contributed by atoms with van der Waals surface area (Å²) in [6.45, 7) is 8.30. The first-order chi connectivity index (χ1) is 9.56. The van der Waals surface area contributed by atoms with Crippen LogP contribution in [0.25, 0.3) is 0 Å². The van der Waals surface area contributed by atoms with Crippen molar-refractivity contribution in [1.82, 2.24) is 15.2 Å². The van der Waals surface area contributed by atoms with Gasteiger partial charge in [-0.15, -0.1) is 0 Å². The molecule has 2 rings (SSSR count). The SMILES string of the molecule is Cc1nc(N)sc1C(=O)NCCCN1CCC(C)CC1. The molecule has 2 heterocycles. The second-order valence-electron chi connectivity index (χ2n) is 5.60. The normalized spacial score (nSPS) is 17.3. The first kappa shape index (κ1) is 15.3. The van der Waals surface area contributed by atoms with Gasteiger partial charge in [0.15, 0.2) is 5.13 Å². The van der Waals surface area contributed by atoms with Gasteiger partial charge in [-0.25, -0.2) is 4.98 Å². The highest BCUT2D eigenvalue weighted by molar-refractivity contribution is 7.17. The lowest BCUT2D eigenvalue weighted by Gasteiger charge is -2.30. The number of hydrogen-bond acceptors (Lipinski definition) is 5. The maximum atomic E-state index is 12.0. The number of piperidine rings is 1. The Kier molecular flexibility index (Phi) is 5.37. The van der Waals surface area contributed by atoms with Crippen LogP contribution in [0, 0.1) is 12.8 Å². The average molecular weight is 296 g/mol. The van der Waals surface area contributed by atoms with Crippen molar-refractivity contribution >= 4 is 22.4 Å². The second-order valence-corrected chi connectivity index (χ2v) is 6.63. The lowest BCUT2D eigenvalue weighted by molar-refractivity contribution is 0.0954. The van der Waals surface area contributed by atoms with Crippen molar-refractivity contribution in [2.75, 3.05) is 31.9 Å². The molecule has 1 aliphatic rings. The van der Waals surface area contributed by atoms with E-state index in [1.165, 1.54) is 37.3 Å². The van der Waals surface area contributed by atoms with Crippen LogP contribution in [0.1, 0.15) is 41.6 Å². The lowest BCUT2D eigenvalue weighted by atomic mass is 9.99. The number of carbonyl (C=O) groups is 1. The number of likely N-dealkylation sites (tertiary alicyclic amines) is 1. The third kappa shape index (κ3) is 4.18. The zero-order chi connectivity index (χ0) is 14.5. The molecule has 0 spiro atoms. The molecule has 1 saturated heterocycles. The number of nitrogens with zero attached hydrogens (tertiary/aromatic N) is 2. The quantitative estimate of drug-likeness (QED) is 0.814. The molecule has 5 nitrogen and oxygen atoms in total. The summed E-state index contributed by atoms with van der Waals surface area (Å²) in [5.74, 6) is 0.815. The number of rotatable bonds is 5. The summed E-state index contributed by atoms with van der Waals surface area (Å²) in [6, 6.07) is 0. The minimum absolute atomic E-state index is 0.0519. The molecule has 1 aromatic heterocycles. The number of nitrogen functional groups attached to an aromatic ring is 1. The average Bonchev–Trinajstić information content (AvgIpc) is 2.75. The topological polar surface area (TPSA) is 71.2 Å². The molecule has 0 atom stereocenters. The summed E-state index contributed by atoms with van der Waals surface area (Å²) >= 11 is 1.25. The van der Waals surface area contributed by atoms with E-state index >= 15 is 0 Å². The maximum absolute atomic E-state index is 12.0. The summed E-state index contributed by atoms with van der Waals surface area (Å²) in [4.78, 5) is 19.2. The molecule has 0 saturated carbocycles. The summed E-state index contributed by atoms with van der Waals surface area (Å²) in [7, 11) is 0. The molecule has 1 aliphatic heterocycles. The zero-order valence-electron chi connectivity index (χ0n) is 12.3. The van der Waals surface area contributed by atoms with Gasteiger partial charge in [0.2, 0.25) is 0 Å². The number of hydrogen-bond donors (Lipinski definition) is 2. The molecule has 0 aliphatic carbocycles. The van der Waals surface area contributed by atoms with Crippen LogP contribution in [0.15, 0.2) is 0 Å². The van der Waals surface area contributed by atoms with Crippen molar-refractivity contribution in [3.8, 4) is 0 Å². The minimum atomic E-state index is -0.0519. The summed E-state index contributed by atoms with van der Waals surface area (Å²) in [5, 5.41) is 3.40. The van der Waals surface area contributed by atoms with Gasteiger partial charge in [0.25, 0.3) is 5.91 Å². The van der Waals surface area contributed by atoms with Crippen LogP contribution in [-0.2, 0) is 0 Å². The highest BCUT2D eigenvalue weighted by Gasteiger charge is 2.16. The Labute approximate surface area is 124 Å². The van der Waals surface area contributed by atoms with Crippen molar-refractivity contribution in [2.45, 2.75) is 33.1 Å². The van der Waals surface area contributed by atoms with E-state index in [-0.39, 0.29) is 5.91 Å².